The van der Waals surface area contributed by atoms with Crippen LogP contribution < -0.4 is 5.32 Å². The highest BCUT2D eigenvalue weighted by molar-refractivity contribution is 9.10. The van der Waals surface area contributed by atoms with E-state index in [4.69, 9.17) is 0 Å². The lowest BCUT2D eigenvalue weighted by Crippen LogP contribution is -1.98. The summed E-state index contributed by atoms with van der Waals surface area (Å²) in [4.78, 5) is 14.5. The summed E-state index contributed by atoms with van der Waals surface area (Å²) in [6.07, 6.45) is 1.62. The van der Waals surface area contributed by atoms with E-state index >= 15 is 0 Å². The Morgan fingerprint density at radius 1 is 1.29 bits per heavy atom. The smallest absolute Gasteiger partial charge is 0.292 e. The number of rotatable bonds is 3. The van der Waals surface area contributed by atoms with Gasteiger partial charge in [-0.2, -0.15) is 0 Å². The van der Waals surface area contributed by atoms with E-state index in [1.165, 1.54) is 6.07 Å². The van der Waals surface area contributed by atoms with E-state index < -0.39 is 4.92 Å². The standard InChI is InChI=1S/C11H8BrN3O2/c12-8-4-5-10(15(16)17)9(7-8)14-11-3-1-2-6-13-11/h1-7H,(H,13,14). The van der Waals surface area contributed by atoms with Crippen LogP contribution in [0.4, 0.5) is 17.2 Å². The van der Waals surface area contributed by atoms with Gasteiger partial charge >= 0.3 is 0 Å². The van der Waals surface area contributed by atoms with E-state index in [-0.39, 0.29) is 5.69 Å². The van der Waals surface area contributed by atoms with Gasteiger partial charge in [-0.15, -0.1) is 0 Å². The Balaban J connectivity index is 2.37. The number of hydrogen-bond acceptors (Lipinski definition) is 4. The lowest BCUT2D eigenvalue weighted by atomic mass is 10.2. The van der Waals surface area contributed by atoms with Crippen LogP contribution in [-0.2, 0) is 0 Å². The van der Waals surface area contributed by atoms with Crippen molar-refractivity contribution >= 4 is 33.1 Å². The lowest BCUT2D eigenvalue weighted by molar-refractivity contribution is -0.383. The van der Waals surface area contributed by atoms with Crippen LogP contribution in [0.5, 0.6) is 0 Å². The van der Waals surface area contributed by atoms with Crippen molar-refractivity contribution in [2.24, 2.45) is 0 Å². The molecule has 0 fully saturated rings. The normalized spacial score (nSPS) is 9.94. The van der Waals surface area contributed by atoms with Crippen LogP contribution in [0.25, 0.3) is 0 Å². The van der Waals surface area contributed by atoms with E-state index in [0.29, 0.717) is 11.5 Å². The van der Waals surface area contributed by atoms with E-state index in [1.807, 2.05) is 0 Å². The van der Waals surface area contributed by atoms with E-state index in [2.05, 4.69) is 26.2 Å². The second kappa shape index (κ2) is 4.92. The molecule has 6 heteroatoms. The summed E-state index contributed by atoms with van der Waals surface area (Å²) in [5.41, 5.74) is 0.418. The molecule has 1 N–H and O–H groups in total. The number of nitro benzene ring substituents is 1. The summed E-state index contributed by atoms with van der Waals surface area (Å²) in [7, 11) is 0. The van der Waals surface area contributed by atoms with Crippen molar-refractivity contribution in [3.63, 3.8) is 0 Å². The Morgan fingerprint density at radius 3 is 2.76 bits per heavy atom. The fourth-order valence-corrected chi connectivity index (χ4v) is 1.70. The zero-order chi connectivity index (χ0) is 12.3. The van der Waals surface area contributed by atoms with Gasteiger partial charge in [0, 0.05) is 16.7 Å². The minimum Gasteiger partial charge on any atom is -0.335 e. The monoisotopic (exact) mass is 293 g/mol. The highest BCUT2D eigenvalue weighted by Crippen LogP contribution is 2.29. The van der Waals surface area contributed by atoms with Crippen LogP contribution in [0.1, 0.15) is 0 Å². The third kappa shape index (κ3) is 2.79. The molecular weight excluding hydrogens is 286 g/mol. The van der Waals surface area contributed by atoms with Crippen molar-refractivity contribution in [3.05, 3.63) is 57.2 Å². The third-order valence-corrected chi connectivity index (χ3v) is 2.58. The molecule has 0 saturated carbocycles. The molecule has 2 rings (SSSR count). The summed E-state index contributed by atoms with van der Waals surface area (Å²) >= 11 is 3.28. The van der Waals surface area contributed by atoms with Crippen molar-refractivity contribution in [3.8, 4) is 0 Å². The van der Waals surface area contributed by atoms with Crippen LogP contribution in [-0.4, -0.2) is 9.91 Å². The SMILES string of the molecule is O=[N+]([O-])c1ccc(Br)cc1Nc1ccccn1. The Labute approximate surface area is 106 Å². The van der Waals surface area contributed by atoms with Crippen molar-refractivity contribution in [2.75, 3.05) is 5.32 Å². The molecule has 0 bridgehead atoms. The predicted octanol–water partition coefficient (Wildman–Crippen LogP) is 3.50. The summed E-state index contributed by atoms with van der Waals surface area (Å²) in [5.74, 6) is 0.564. The van der Waals surface area contributed by atoms with Gasteiger partial charge in [0.15, 0.2) is 0 Å². The van der Waals surface area contributed by atoms with Gasteiger partial charge in [0.2, 0.25) is 0 Å². The number of nitrogens with one attached hydrogen (secondary N) is 1. The van der Waals surface area contributed by atoms with Crippen molar-refractivity contribution in [1.82, 2.24) is 4.98 Å². The average molecular weight is 294 g/mol. The molecule has 1 aromatic carbocycles. The summed E-state index contributed by atoms with van der Waals surface area (Å²) < 4.78 is 0.765. The maximum absolute atomic E-state index is 10.9. The summed E-state index contributed by atoms with van der Waals surface area (Å²) in [5, 5.41) is 13.8. The van der Waals surface area contributed by atoms with Crippen molar-refractivity contribution in [2.45, 2.75) is 0 Å². The number of pyridine rings is 1. The van der Waals surface area contributed by atoms with Gasteiger partial charge in [0.25, 0.3) is 5.69 Å². The second-order valence-electron chi connectivity index (χ2n) is 3.26. The van der Waals surface area contributed by atoms with E-state index in [1.54, 1.807) is 36.5 Å². The zero-order valence-electron chi connectivity index (χ0n) is 8.63. The van der Waals surface area contributed by atoms with Crippen LogP contribution in [0, 0.1) is 10.1 Å². The number of nitrogens with zero attached hydrogens (tertiary/aromatic N) is 2. The highest BCUT2D eigenvalue weighted by atomic mass is 79.9. The molecule has 0 spiro atoms. The minimum absolute atomic E-state index is 0.0128. The fourth-order valence-electron chi connectivity index (χ4n) is 1.34. The first-order valence-electron chi connectivity index (χ1n) is 4.79. The molecule has 1 aromatic heterocycles. The number of aromatic nitrogens is 1. The van der Waals surface area contributed by atoms with Crippen molar-refractivity contribution < 1.29 is 4.92 Å². The molecule has 86 valence electrons. The van der Waals surface area contributed by atoms with Crippen LogP contribution in [0.3, 0.4) is 0 Å². The molecule has 17 heavy (non-hydrogen) atoms. The van der Waals surface area contributed by atoms with Gasteiger partial charge in [-0.3, -0.25) is 10.1 Å². The molecule has 0 saturated heterocycles. The molecule has 0 atom stereocenters. The van der Waals surface area contributed by atoms with Crippen LogP contribution in [0.2, 0.25) is 0 Å². The van der Waals surface area contributed by atoms with Crippen LogP contribution >= 0.6 is 15.9 Å². The van der Waals surface area contributed by atoms with Gasteiger partial charge in [-0.25, -0.2) is 4.98 Å². The molecule has 1 heterocycles. The molecular formula is C11H8BrN3O2. The Hall–Kier alpha value is -1.95. The Kier molecular flexibility index (Phi) is 3.34. The molecule has 2 aromatic rings. The topological polar surface area (TPSA) is 68.1 Å². The largest absolute Gasteiger partial charge is 0.335 e. The Morgan fingerprint density at radius 2 is 2.12 bits per heavy atom. The number of benzene rings is 1. The van der Waals surface area contributed by atoms with Gasteiger partial charge in [0.1, 0.15) is 11.5 Å². The van der Waals surface area contributed by atoms with E-state index in [9.17, 15) is 10.1 Å². The van der Waals surface area contributed by atoms with Gasteiger partial charge in [0.05, 0.1) is 4.92 Å². The number of halogens is 1. The summed E-state index contributed by atoms with van der Waals surface area (Å²) in [6.45, 7) is 0. The second-order valence-corrected chi connectivity index (χ2v) is 4.17. The van der Waals surface area contributed by atoms with E-state index in [0.717, 1.165) is 4.47 Å². The Bertz CT molecular complexity index is 546. The van der Waals surface area contributed by atoms with Crippen molar-refractivity contribution in [1.29, 1.82) is 0 Å². The predicted molar refractivity (Wildman–Crippen MR) is 68.3 cm³/mol. The minimum atomic E-state index is -0.433. The first-order valence-corrected chi connectivity index (χ1v) is 5.58. The quantitative estimate of drug-likeness (QED) is 0.695. The maximum Gasteiger partial charge on any atom is 0.292 e. The molecule has 0 unspecified atom stereocenters. The number of anilines is 2. The molecule has 5 nitrogen and oxygen atoms in total. The maximum atomic E-state index is 10.9. The molecule has 0 radical (unpaired) electrons. The summed E-state index contributed by atoms with van der Waals surface area (Å²) in [6, 6.07) is 10.0. The number of hydrogen-bond donors (Lipinski definition) is 1. The third-order valence-electron chi connectivity index (χ3n) is 2.08. The van der Waals surface area contributed by atoms with Gasteiger partial charge in [-0.05, 0) is 24.3 Å². The van der Waals surface area contributed by atoms with Gasteiger partial charge in [-0.1, -0.05) is 22.0 Å². The molecule has 0 aliphatic heterocycles. The first kappa shape index (κ1) is 11.5. The average Bonchev–Trinajstić information content (AvgIpc) is 2.30. The highest BCUT2D eigenvalue weighted by Gasteiger charge is 2.13. The zero-order valence-corrected chi connectivity index (χ0v) is 10.2. The fraction of sp³-hybridized carbons (Fsp3) is 0. The number of nitro groups is 1. The molecule has 0 aliphatic rings. The first-order chi connectivity index (χ1) is 8.16. The van der Waals surface area contributed by atoms with Crippen LogP contribution in [0.15, 0.2) is 47.1 Å². The molecule has 0 aliphatic carbocycles. The lowest BCUT2D eigenvalue weighted by Gasteiger charge is -2.06. The van der Waals surface area contributed by atoms with Gasteiger partial charge < -0.3 is 5.32 Å². The molecule has 0 amide bonds.